The number of fused-ring (bicyclic) bond motifs is 2. The van der Waals surface area contributed by atoms with Crippen LogP contribution in [0.5, 0.6) is 0 Å². The highest BCUT2D eigenvalue weighted by molar-refractivity contribution is 6.21. The number of ether oxygens (including phenoxy) is 1. The molecule has 98 valence electrons. The maximum atomic E-state index is 12.4. The smallest absolute Gasteiger partial charge is 0.261 e. The van der Waals surface area contributed by atoms with E-state index in [4.69, 9.17) is 4.74 Å². The molecule has 0 bridgehead atoms. The molecule has 1 aromatic rings. The van der Waals surface area contributed by atoms with Crippen molar-refractivity contribution in [2.24, 2.45) is 0 Å². The lowest BCUT2D eigenvalue weighted by atomic mass is 9.86. The predicted octanol–water partition coefficient (Wildman–Crippen LogP) is 1.99. The van der Waals surface area contributed by atoms with Crippen molar-refractivity contribution in [3.05, 3.63) is 35.4 Å². The minimum Gasteiger partial charge on any atom is -0.366 e. The summed E-state index contributed by atoms with van der Waals surface area (Å²) in [5.41, 5.74) is 1.09. The van der Waals surface area contributed by atoms with Gasteiger partial charge in [-0.1, -0.05) is 12.1 Å². The summed E-state index contributed by atoms with van der Waals surface area (Å²) < 4.78 is 5.65. The first kappa shape index (κ1) is 11.2. The van der Waals surface area contributed by atoms with E-state index in [1.807, 2.05) is 0 Å². The van der Waals surface area contributed by atoms with E-state index in [-0.39, 0.29) is 29.6 Å². The minimum atomic E-state index is -0.144. The van der Waals surface area contributed by atoms with E-state index < -0.39 is 0 Å². The van der Waals surface area contributed by atoms with Gasteiger partial charge >= 0.3 is 0 Å². The zero-order valence-corrected chi connectivity index (χ0v) is 10.8. The first-order valence-electron chi connectivity index (χ1n) is 6.75. The zero-order valence-electron chi connectivity index (χ0n) is 10.8. The van der Waals surface area contributed by atoms with Crippen molar-refractivity contribution in [2.75, 3.05) is 0 Å². The van der Waals surface area contributed by atoms with Crippen LogP contribution in [0.15, 0.2) is 24.3 Å². The van der Waals surface area contributed by atoms with Crippen LogP contribution in [0.1, 0.15) is 46.9 Å². The molecule has 1 saturated heterocycles. The zero-order chi connectivity index (χ0) is 13.2. The van der Waals surface area contributed by atoms with E-state index in [1.165, 1.54) is 4.90 Å². The molecule has 0 N–H and O–H groups in total. The Morgan fingerprint density at radius 1 is 1.21 bits per heavy atom. The molecule has 4 heteroatoms. The van der Waals surface area contributed by atoms with E-state index in [2.05, 4.69) is 6.92 Å². The molecule has 2 aliphatic heterocycles. The second-order valence-corrected chi connectivity index (χ2v) is 5.87. The van der Waals surface area contributed by atoms with E-state index >= 15 is 0 Å². The molecule has 0 aromatic heterocycles. The first-order valence-corrected chi connectivity index (χ1v) is 6.75. The molecular formula is C15H15NO3. The van der Waals surface area contributed by atoms with Crippen LogP contribution in [-0.2, 0) is 4.74 Å². The summed E-state index contributed by atoms with van der Waals surface area (Å²) in [6, 6.07) is 7.06. The molecule has 4 rings (SSSR count). The number of amides is 2. The highest BCUT2D eigenvalue weighted by Crippen LogP contribution is 2.49. The minimum absolute atomic E-state index is 0.00650. The van der Waals surface area contributed by atoms with E-state index in [0.717, 1.165) is 19.3 Å². The van der Waals surface area contributed by atoms with Gasteiger partial charge in [0.15, 0.2) is 0 Å². The third-order valence-corrected chi connectivity index (χ3v) is 4.69. The van der Waals surface area contributed by atoms with Crippen molar-refractivity contribution in [3.8, 4) is 0 Å². The number of carbonyl (C=O) groups excluding carboxylic acids is 2. The number of nitrogens with zero attached hydrogens (tertiary/aromatic N) is 1. The van der Waals surface area contributed by atoms with Gasteiger partial charge in [-0.25, -0.2) is 0 Å². The summed E-state index contributed by atoms with van der Waals surface area (Å²) >= 11 is 0. The Bertz CT molecular complexity index is 562. The summed E-state index contributed by atoms with van der Waals surface area (Å²) in [7, 11) is 0. The first-order chi connectivity index (χ1) is 9.10. The molecule has 19 heavy (non-hydrogen) atoms. The van der Waals surface area contributed by atoms with Crippen LogP contribution in [0, 0.1) is 0 Å². The maximum absolute atomic E-state index is 12.4. The largest absolute Gasteiger partial charge is 0.366 e. The fourth-order valence-electron chi connectivity index (χ4n) is 3.40. The maximum Gasteiger partial charge on any atom is 0.261 e. The van der Waals surface area contributed by atoms with Gasteiger partial charge in [-0.2, -0.15) is 0 Å². The molecule has 0 spiro atoms. The number of imide groups is 1. The molecule has 4 nitrogen and oxygen atoms in total. The molecule has 2 fully saturated rings. The van der Waals surface area contributed by atoms with Crippen molar-refractivity contribution in [1.82, 2.24) is 4.90 Å². The summed E-state index contributed by atoms with van der Waals surface area (Å²) in [5.74, 6) is -0.287. The molecule has 0 radical (unpaired) electrons. The van der Waals surface area contributed by atoms with Crippen LogP contribution in [0.3, 0.4) is 0 Å². The average molecular weight is 257 g/mol. The van der Waals surface area contributed by atoms with Gasteiger partial charge in [0.05, 0.1) is 22.8 Å². The topological polar surface area (TPSA) is 49.9 Å². The number of benzene rings is 1. The predicted molar refractivity (Wildman–Crippen MR) is 67.9 cm³/mol. The molecule has 3 atom stereocenters. The second kappa shape index (κ2) is 3.45. The van der Waals surface area contributed by atoms with Gasteiger partial charge in [-0.05, 0) is 38.3 Å². The van der Waals surface area contributed by atoms with Crippen LogP contribution < -0.4 is 0 Å². The van der Waals surface area contributed by atoms with Gasteiger partial charge in [0.1, 0.15) is 0 Å². The Labute approximate surface area is 111 Å². The van der Waals surface area contributed by atoms with E-state index in [1.54, 1.807) is 24.3 Å². The van der Waals surface area contributed by atoms with Crippen molar-refractivity contribution < 1.29 is 14.3 Å². The number of hydrogen-bond acceptors (Lipinski definition) is 3. The van der Waals surface area contributed by atoms with E-state index in [9.17, 15) is 9.59 Å². The SMILES string of the molecule is C[C@]12CC[C@H](N3C(=O)c4ccccc4C3=O)C[C@H]1O2. The highest BCUT2D eigenvalue weighted by atomic mass is 16.6. The fourth-order valence-corrected chi connectivity index (χ4v) is 3.40. The summed E-state index contributed by atoms with van der Waals surface area (Å²) in [5, 5.41) is 0. The Balaban J connectivity index is 1.64. The van der Waals surface area contributed by atoms with E-state index in [0.29, 0.717) is 11.1 Å². The molecular weight excluding hydrogens is 242 g/mol. The van der Waals surface area contributed by atoms with Gasteiger partial charge in [-0.15, -0.1) is 0 Å². The lowest BCUT2D eigenvalue weighted by Gasteiger charge is -2.29. The normalized spacial score (nSPS) is 36.2. The number of rotatable bonds is 1. The monoisotopic (exact) mass is 257 g/mol. The molecule has 0 unspecified atom stereocenters. The molecule has 2 heterocycles. The summed E-state index contributed by atoms with van der Waals surface area (Å²) in [6.07, 6.45) is 2.77. The fraction of sp³-hybridized carbons (Fsp3) is 0.467. The lowest BCUT2D eigenvalue weighted by Crippen LogP contribution is -2.43. The quantitative estimate of drug-likeness (QED) is 0.571. The summed E-state index contributed by atoms with van der Waals surface area (Å²) in [4.78, 5) is 26.2. The lowest BCUT2D eigenvalue weighted by molar-refractivity contribution is 0.0551. The Kier molecular flexibility index (Phi) is 2.03. The van der Waals surface area contributed by atoms with Gasteiger partial charge in [0.25, 0.3) is 11.8 Å². The van der Waals surface area contributed by atoms with Gasteiger partial charge in [0.2, 0.25) is 0 Å². The van der Waals surface area contributed by atoms with Crippen molar-refractivity contribution in [1.29, 1.82) is 0 Å². The average Bonchev–Trinajstić information content (AvgIpc) is 3.02. The molecule has 1 aromatic carbocycles. The standard InChI is InChI=1S/C15H15NO3/c1-15-7-6-9(8-12(15)19-15)16-13(17)10-4-2-3-5-11(10)14(16)18/h2-5,9,12H,6-8H2,1H3/t9-,12+,15-/m0/s1. The second-order valence-electron chi connectivity index (χ2n) is 5.87. The van der Waals surface area contributed by atoms with Crippen LogP contribution in [0.2, 0.25) is 0 Å². The molecule has 2 amide bonds. The van der Waals surface area contributed by atoms with Crippen LogP contribution in [-0.4, -0.2) is 34.5 Å². The third-order valence-electron chi connectivity index (χ3n) is 4.69. The van der Waals surface area contributed by atoms with Gasteiger partial charge in [-0.3, -0.25) is 14.5 Å². The van der Waals surface area contributed by atoms with Crippen molar-refractivity contribution in [3.63, 3.8) is 0 Å². The Morgan fingerprint density at radius 2 is 1.84 bits per heavy atom. The molecule has 3 aliphatic rings. The molecule has 1 aliphatic carbocycles. The van der Waals surface area contributed by atoms with Crippen molar-refractivity contribution >= 4 is 11.8 Å². The molecule has 1 saturated carbocycles. The van der Waals surface area contributed by atoms with Crippen LogP contribution >= 0.6 is 0 Å². The number of epoxide rings is 1. The van der Waals surface area contributed by atoms with Crippen LogP contribution in [0.25, 0.3) is 0 Å². The number of hydrogen-bond donors (Lipinski definition) is 0. The van der Waals surface area contributed by atoms with Gasteiger partial charge < -0.3 is 4.74 Å². The summed E-state index contributed by atoms with van der Waals surface area (Å²) in [6.45, 7) is 2.11. The van der Waals surface area contributed by atoms with Crippen LogP contribution in [0.4, 0.5) is 0 Å². The third kappa shape index (κ3) is 1.43. The highest BCUT2D eigenvalue weighted by Gasteiger charge is 2.57. The van der Waals surface area contributed by atoms with Gasteiger partial charge in [0, 0.05) is 6.04 Å². The Morgan fingerprint density at radius 3 is 2.42 bits per heavy atom. The number of carbonyl (C=O) groups is 2. The van der Waals surface area contributed by atoms with Crippen molar-refractivity contribution in [2.45, 2.75) is 43.9 Å². The Hall–Kier alpha value is -1.68.